The third-order valence-corrected chi connectivity index (χ3v) is 12.0. The van der Waals surface area contributed by atoms with Crippen molar-refractivity contribution in [3.05, 3.63) is 0 Å². The Morgan fingerprint density at radius 2 is 1.86 bits per heavy atom. The molecule has 7 rings (SSSR count). The first-order valence-corrected chi connectivity index (χ1v) is 15.5. The van der Waals surface area contributed by atoms with E-state index in [4.69, 9.17) is 9.81 Å². The van der Waals surface area contributed by atoms with Crippen molar-refractivity contribution >= 4 is 21.8 Å². The van der Waals surface area contributed by atoms with Gasteiger partial charge in [0.25, 0.3) is 10.1 Å². The van der Waals surface area contributed by atoms with Gasteiger partial charge in [-0.15, -0.1) is 0 Å². The van der Waals surface area contributed by atoms with Crippen molar-refractivity contribution in [3.63, 3.8) is 0 Å². The number of rotatable bonds is 5. The van der Waals surface area contributed by atoms with Gasteiger partial charge in [0.15, 0.2) is 0 Å². The van der Waals surface area contributed by atoms with E-state index in [2.05, 4.69) is 11.4 Å². The Morgan fingerprint density at radius 1 is 1.19 bits per heavy atom. The van der Waals surface area contributed by atoms with E-state index in [9.17, 15) is 23.1 Å². The highest BCUT2D eigenvalue weighted by Crippen LogP contribution is 2.64. The molecule has 6 aliphatic carbocycles. The maximum Gasteiger partial charge on any atom is 0.265 e. The summed E-state index contributed by atoms with van der Waals surface area (Å²) in [5.74, 6) is 1.28. The summed E-state index contributed by atoms with van der Waals surface area (Å²) in [6, 6.07) is 1.99. The van der Waals surface area contributed by atoms with Gasteiger partial charge in [-0.1, -0.05) is 13.8 Å². The van der Waals surface area contributed by atoms with Crippen LogP contribution in [0.3, 0.4) is 0 Å². The van der Waals surface area contributed by atoms with Gasteiger partial charge < -0.3 is 15.3 Å². The SMILES string of the molecule is CC12CCC(CC1=O)C2(C)CS(=O)(=O)O.N#C[C@@H]1CCCN1C(=O)CNC12CC3CC(CC(O)(C3)C1)C2. The second-order valence-corrected chi connectivity index (χ2v) is 15.0. The van der Waals surface area contributed by atoms with E-state index in [1.54, 1.807) is 4.90 Å². The van der Waals surface area contributed by atoms with Crippen LogP contribution in [-0.4, -0.2) is 70.7 Å². The van der Waals surface area contributed by atoms with E-state index in [1.807, 2.05) is 13.8 Å². The second kappa shape index (κ2) is 9.00. The van der Waals surface area contributed by atoms with Crippen molar-refractivity contribution in [3.8, 4) is 6.07 Å². The van der Waals surface area contributed by atoms with Crippen LogP contribution >= 0.6 is 0 Å². The summed E-state index contributed by atoms with van der Waals surface area (Å²) in [6.07, 6.45) is 9.99. The van der Waals surface area contributed by atoms with Gasteiger partial charge in [0, 0.05) is 23.9 Å². The van der Waals surface area contributed by atoms with E-state index < -0.39 is 26.5 Å². The standard InChI is InChI=1S/C17H25N3O2.C10H16O4S/c18-9-14-2-1-3-20(14)15(21)10-19-16-5-12-4-13(6-16)8-17(22,7-12)11-16;1-9-4-3-7(5-8(9)11)10(9,2)6-15(12,13)14/h12-14,19,22H,1-8,10-11H2;7H,3-6H2,1-2H3,(H,12,13,14)/t12?,13?,14-,16?,17?;/m0./s1. The second-order valence-electron chi connectivity index (χ2n) is 13.5. The maximum absolute atomic E-state index is 12.4. The van der Waals surface area contributed by atoms with Crippen molar-refractivity contribution in [1.29, 1.82) is 5.26 Å². The number of amides is 1. The summed E-state index contributed by atoms with van der Waals surface area (Å²) in [7, 11) is -4.01. The normalized spacial score (nSPS) is 45.6. The molecule has 6 bridgehead atoms. The zero-order valence-electron chi connectivity index (χ0n) is 22.0. The minimum atomic E-state index is -4.01. The molecule has 7 aliphatic rings. The van der Waals surface area contributed by atoms with Gasteiger partial charge in [-0.3, -0.25) is 14.1 Å². The van der Waals surface area contributed by atoms with Crippen molar-refractivity contribution in [2.45, 2.75) is 102 Å². The first-order valence-electron chi connectivity index (χ1n) is 13.8. The number of nitriles is 1. The topological polar surface area (TPSA) is 148 Å². The van der Waals surface area contributed by atoms with Crippen LogP contribution in [0.1, 0.15) is 84.5 Å². The molecule has 7 fully saturated rings. The molecule has 0 aromatic heterocycles. The van der Waals surface area contributed by atoms with Crippen molar-refractivity contribution in [1.82, 2.24) is 10.2 Å². The zero-order chi connectivity index (χ0) is 26.9. The largest absolute Gasteiger partial charge is 0.390 e. The summed E-state index contributed by atoms with van der Waals surface area (Å²) in [4.78, 5) is 25.9. The molecule has 37 heavy (non-hydrogen) atoms. The summed E-state index contributed by atoms with van der Waals surface area (Å²) >= 11 is 0. The molecule has 6 saturated carbocycles. The number of likely N-dealkylation sites (tertiary alicyclic amines) is 1. The Morgan fingerprint density at radius 3 is 2.38 bits per heavy atom. The molecular weight excluding hydrogens is 494 g/mol. The lowest BCUT2D eigenvalue weighted by atomic mass is 9.51. The third kappa shape index (κ3) is 4.75. The van der Waals surface area contributed by atoms with Crippen LogP contribution in [0.25, 0.3) is 0 Å². The van der Waals surface area contributed by atoms with Crippen molar-refractivity contribution in [2.75, 3.05) is 18.8 Å². The molecule has 0 spiro atoms. The predicted molar refractivity (Wildman–Crippen MR) is 136 cm³/mol. The van der Waals surface area contributed by atoms with E-state index in [0.717, 1.165) is 57.8 Å². The fourth-order valence-electron chi connectivity index (χ4n) is 9.39. The molecule has 206 valence electrons. The van der Waals surface area contributed by atoms with Gasteiger partial charge in [-0.2, -0.15) is 13.7 Å². The molecule has 1 amide bonds. The first-order chi connectivity index (χ1) is 17.2. The average molecular weight is 536 g/mol. The van der Waals surface area contributed by atoms with Crippen LogP contribution in [0.15, 0.2) is 0 Å². The number of Topliss-reactive ketones (excluding diaryl/α,β-unsaturated/α-hetero) is 1. The Hall–Kier alpha value is -1.54. The molecule has 1 aliphatic heterocycles. The van der Waals surface area contributed by atoms with E-state index in [1.165, 1.54) is 6.42 Å². The van der Waals surface area contributed by atoms with Gasteiger partial charge in [0.2, 0.25) is 5.91 Å². The maximum atomic E-state index is 12.4. The van der Waals surface area contributed by atoms with Crippen LogP contribution in [0.4, 0.5) is 0 Å². The molecule has 0 aromatic carbocycles. The molecule has 1 saturated heterocycles. The number of hydrogen-bond acceptors (Lipinski definition) is 7. The van der Waals surface area contributed by atoms with Crippen LogP contribution in [0.5, 0.6) is 0 Å². The van der Waals surface area contributed by atoms with Gasteiger partial charge in [0.1, 0.15) is 11.8 Å². The Labute approximate surface area is 220 Å². The quantitative estimate of drug-likeness (QED) is 0.455. The Balaban J connectivity index is 0.000000164. The van der Waals surface area contributed by atoms with Gasteiger partial charge in [-0.05, 0) is 87.4 Å². The molecule has 6 atom stereocenters. The number of carbonyl (C=O) groups excluding carboxylic acids is 2. The summed E-state index contributed by atoms with van der Waals surface area (Å²) < 4.78 is 31.0. The summed E-state index contributed by atoms with van der Waals surface area (Å²) in [6.45, 7) is 4.69. The highest BCUT2D eigenvalue weighted by Gasteiger charge is 2.65. The number of fused-ring (bicyclic) bond motifs is 2. The first kappa shape index (κ1) is 27.0. The minimum Gasteiger partial charge on any atom is -0.390 e. The molecule has 10 heteroatoms. The monoisotopic (exact) mass is 535 g/mol. The van der Waals surface area contributed by atoms with E-state index in [0.29, 0.717) is 31.3 Å². The number of nitrogens with one attached hydrogen (secondary N) is 1. The number of nitrogens with zero attached hydrogens (tertiary/aromatic N) is 2. The van der Waals surface area contributed by atoms with Crippen LogP contribution in [-0.2, 0) is 19.7 Å². The molecule has 0 aromatic rings. The lowest BCUT2D eigenvalue weighted by molar-refractivity contribution is -0.147. The summed E-state index contributed by atoms with van der Waals surface area (Å²) in [5, 5.41) is 23.4. The van der Waals surface area contributed by atoms with Crippen molar-refractivity contribution in [2.24, 2.45) is 28.6 Å². The highest BCUT2D eigenvalue weighted by molar-refractivity contribution is 7.85. The predicted octanol–water partition coefficient (Wildman–Crippen LogP) is 2.44. The molecule has 1 heterocycles. The number of aliphatic hydroxyl groups is 1. The number of hydrogen-bond donors (Lipinski definition) is 3. The zero-order valence-corrected chi connectivity index (χ0v) is 22.9. The number of ketones is 1. The molecule has 3 N–H and O–H groups in total. The third-order valence-electron chi connectivity index (χ3n) is 11.1. The smallest absolute Gasteiger partial charge is 0.265 e. The molecular formula is C27H41N3O6S. The Bertz CT molecular complexity index is 1100. The fourth-order valence-corrected chi connectivity index (χ4v) is 10.7. The van der Waals surface area contributed by atoms with Gasteiger partial charge >= 0.3 is 0 Å². The number of carbonyl (C=O) groups is 2. The van der Waals surface area contributed by atoms with Gasteiger partial charge in [0.05, 0.1) is 24.0 Å². The van der Waals surface area contributed by atoms with Gasteiger partial charge in [-0.25, -0.2) is 0 Å². The van der Waals surface area contributed by atoms with E-state index >= 15 is 0 Å². The lowest BCUT2D eigenvalue weighted by Gasteiger charge is -2.60. The fraction of sp³-hybridized carbons (Fsp3) is 0.889. The van der Waals surface area contributed by atoms with E-state index in [-0.39, 0.29) is 34.9 Å². The van der Waals surface area contributed by atoms with Crippen LogP contribution in [0, 0.1) is 39.9 Å². The molecule has 5 unspecified atom stereocenters. The average Bonchev–Trinajstić information content (AvgIpc) is 3.39. The summed E-state index contributed by atoms with van der Waals surface area (Å²) in [5.41, 5.74) is -1.66. The lowest BCUT2D eigenvalue weighted by Crippen LogP contribution is -2.65. The van der Waals surface area contributed by atoms with Crippen LogP contribution in [0.2, 0.25) is 0 Å². The molecule has 9 nitrogen and oxygen atoms in total. The molecule has 0 radical (unpaired) electrons. The minimum absolute atomic E-state index is 0.0453. The Kier molecular flexibility index (Phi) is 6.58. The highest BCUT2D eigenvalue weighted by atomic mass is 32.2. The van der Waals surface area contributed by atoms with Crippen molar-refractivity contribution < 1.29 is 27.7 Å². The van der Waals surface area contributed by atoms with Crippen LogP contribution < -0.4 is 5.32 Å².